The smallest absolute Gasteiger partial charge is 0.321 e. The van der Waals surface area contributed by atoms with Gasteiger partial charge >= 0.3 is 6.03 Å². The Kier molecular flexibility index (Phi) is 5.37. The molecule has 2 aromatic rings. The second kappa shape index (κ2) is 7.95. The number of nitrogens with zero attached hydrogens (tertiary/aromatic N) is 2. The van der Waals surface area contributed by atoms with E-state index in [2.05, 4.69) is 0 Å². The number of piperidine rings is 1. The lowest BCUT2D eigenvalue weighted by atomic mass is 9.89. The number of urea groups is 1. The Morgan fingerprint density at radius 3 is 2.45 bits per heavy atom. The molecule has 2 aliphatic heterocycles. The molecule has 152 valence electrons. The minimum Gasteiger partial charge on any atom is -0.393 e. The third-order valence-electron chi connectivity index (χ3n) is 5.87. The molecule has 0 bridgehead atoms. The van der Waals surface area contributed by atoms with Crippen LogP contribution in [0.25, 0.3) is 5.57 Å². The standard InChI is InChI=1S/C23H24F2N2O2/c24-19-9-10-21(25)20(13-19)17-14-23(16-28,18-7-3-1-4-8-18)27(15-17)22(29)26-11-5-2-6-12-26/h1,3-4,7-10,13-14,28H,2,5-6,11-12,15-16H2. The maximum absolute atomic E-state index is 14.5. The molecule has 29 heavy (non-hydrogen) atoms. The Bertz CT molecular complexity index is 926. The summed E-state index contributed by atoms with van der Waals surface area (Å²) < 4.78 is 28.3. The van der Waals surface area contributed by atoms with Gasteiger partial charge in [0.05, 0.1) is 6.61 Å². The van der Waals surface area contributed by atoms with Crippen LogP contribution in [0.1, 0.15) is 30.4 Å². The van der Waals surface area contributed by atoms with Crippen LogP contribution in [0, 0.1) is 11.6 Å². The van der Waals surface area contributed by atoms with E-state index in [0.29, 0.717) is 18.7 Å². The van der Waals surface area contributed by atoms with Crippen molar-refractivity contribution in [3.8, 4) is 0 Å². The molecule has 0 radical (unpaired) electrons. The topological polar surface area (TPSA) is 43.8 Å². The zero-order chi connectivity index (χ0) is 20.4. The normalized spacial score (nSPS) is 22.0. The molecule has 1 N–H and O–H groups in total. The molecule has 0 saturated carbocycles. The molecule has 2 amide bonds. The number of hydrogen-bond acceptors (Lipinski definition) is 2. The maximum Gasteiger partial charge on any atom is 0.321 e. The van der Waals surface area contributed by atoms with Crippen molar-refractivity contribution in [2.24, 2.45) is 0 Å². The van der Waals surface area contributed by atoms with Crippen LogP contribution in [0.5, 0.6) is 0 Å². The largest absolute Gasteiger partial charge is 0.393 e. The maximum atomic E-state index is 14.5. The highest BCUT2D eigenvalue weighted by Crippen LogP contribution is 2.41. The predicted molar refractivity (Wildman–Crippen MR) is 107 cm³/mol. The Morgan fingerprint density at radius 2 is 1.76 bits per heavy atom. The van der Waals surface area contributed by atoms with Crippen LogP contribution < -0.4 is 0 Å². The number of carbonyl (C=O) groups excluding carboxylic acids is 1. The second-order valence-electron chi connectivity index (χ2n) is 7.66. The Labute approximate surface area is 169 Å². The summed E-state index contributed by atoms with van der Waals surface area (Å²) >= 11 is 0. The number of benzene rings is 2. The van der Waals surface area contributed by atoms with Gasteiger partial charge in [0.25, 0.3) is 0 Å². The molecule has 1 atom stereocenters. The van der Waals surface area contributed by atoms with Crippen molar-refractivity contribution in [2.75, 3.05) is 26.2 Å². The zero-order valence-corrected chi connectivity index (χ0v) is 16.2. The SMILES string of the molecule is O=C(N1CCCCC1)N1CC(c2cc(F)ccc2F)=CC1(CO)c1ccccc1. The van der Waals surface area contributed by atoms with Crippen molar-refractivity contribution in [2.45, 2.75) is 24.8 Å². The summed E-state index contributed by atoms with van der Waals surface area (Å²) in [6, 6.07) is 12.3. The van der Waals surface area contributed by atoms with E-state index in [1.54, 1.807) is 15.9 Å². The van der Waals surface area contributed by atoms with E-state index < -0.39 is 17.2 Å². The van der Waals surface area contributed by atoms with Crippen LogP contribution in [-0.2, 0) is 5.54 Å². The number of carbonyl (C=O) groups is 1. The molecule has 2 heterocycles. The summed E-state index contributed by atoms with van der Waals surface area (Å²) in [5, 5.41) is 10.5. The van der Waals surface area contributed by atoms with Gasteiger partial charge < -0.3 is 14.9 Å². The molecular formula is C23H24F2N2O2. The average Bonchev–Trinajstić information content (AvgIpc) is 3.17. The average molecular weight is 398 g/mol. The molecule has 6 heteroatoms. The molecule has 0 aromatic heterocycles. The van der Waals surface area contributed by atoms with E-state index in [-0.39, 0.29) is 24.7 Å². The third-order valence-corrected chi connectivity index (χ3v) is 5.87. The monoisotopic (exact) mass is 398 g/mol. The van der Waals surface area contributed by atoms with E-state index in [1.165, 1.54) is 0 Å². The lowest BCUT2D eigenvalue weighted by Gasteiger charge is -2.41. The van der Waals surface area contributed by atoms with Crippen molar-refractivity contribution >= 4 is 11.6 Å². The summed E-state index contributed by atoms with van der Waals surface area (Å²) in [6.07, 6.45) is 4.68. The van der Waals surface area contributed by atoms with Crippen LogP contribution in [0.4, 0.5) is 13.6 Å². The van der Waals surface area contributed by atoms with Crippen LogP contribution in [-0.4, -0.2) is 47.2 Å². The number of aliphatic hydroxyl groups excluding tert-OH is 1. The summed E-state index contributed by atoms with van der Waals surface area (Å²) in [4.78, 5) is 16.8. The van der Waals surface area contributed by atoms with Crippen LogP contribution in [0.3, 0.4) is 0 Å². The van der Waals surface area contributed by atoms with Gasteiger partial charge in [-0.3, -0.25) is 0 Å². The highest BCUT2D eigenvalue weighted by atomic mass is 19.1. The third kappa shape index (κ3) is 3.53. The van der Waals surface area contributed by atoms with Gasteiger partial charge in [-0.05, 0) is 54.7 Å². The quantitative estimate of drug-likeness (QED) is 0.844. The lowest BCUT2D eigenvalue weighted by molar-refractivity contribution is 0.0785. The fourth-order valence-corrected chi connectivity index (χ4v) is 4.31. The number of aliphatic hydroxyl groups is 1. The summed E-state index contributed by atoms with van der Waals surface area (Å²) in [6.45, 7) is 1.08. The van der Waals surface area contributed by atoms with Crippen LogP contribution >= 0.6 is 0 Å². The van der Waals surface area contributed by atoms with E-state index >= 15 is 0 Å². The first-order valence-electron chi connectivity index (χ1n) is 9.95. The van der Waals surface area contributed by atoms with Crippen LogP contribution in [0.2, 0.25) is 0 Å². The van der Waals surface area contributed by atoms with E-state index in [9.17, 15) is 18.7 Å². The number of halogens is 2. The highest BCUT2D eigenvalue weighted by molar-refractivity contribution is 5.83. The highest BCUT2D eigenvalue weighted by Gasteiger charge is 2.46. The fourth-order valence-electron chi connectivity index (χ4n) is 4.31. The molecule has 2 aromatic carbocycles. The minimum absolute atomic E-state index is 0.102. The van der Waals surface area contributed by atoms with Gasteiger partial charge in [-0.15, -0.1) is 0 Å². The first-order chi connectivity index (χ1) is 14.0. The molecule has 4 nitrogen and oxygen atoms in total. The van der Waals surface area contributed by atoms with Gasteiger partial charge in [0.1, 0.15) is 17.2 Å². The molecule has 1 saturated heterocycles. The molecule has 0 aliphatic carbocycles. The van der Waals surface area contributed by atoms with Gasteiger partial charge in [-0.2, -0.15) is 0 Å². The van der Waals surface area contributed by atoms with Crippen molar-refractivity contribution < 1.29 is 18.7 Å². The number of hydrogen-bond donors (Lipinski definition) is 1. The first kappa shape index (κ1) is 19.6. The van der Waals surface area contributed by atoms with E-state index in [0.717, 1.165) is 43.0 Å². The second-order valence-corrected chi connectivity index (χ2v) is 7.66. The Morgan fingerprint density at radius 1 is 1.03 bits per heavy atom. The van der Waals surface area contributed by atoms with Gasteiger partial charge in [-0.25, -0.2) is 13.6 Å². The summed E-state index contributed by atoms with van der Waals surface area (Å²) in [7, 11) is 0. The van der Waals surface area contributed by atoms with E-state index in [4.69, 9.17) is 0 Å². The Hall–Kier alpha value is -2.73. The van der Waals surface area contributed by atoms with Gasteiger partial charge in [0, 0.05) is 25.2 Å². The summed E-state index contributed by atoms with van der Waals surface area (Å²) in [5.74, 6) is -1.10. The molecule has 2 aliphatic rings. The molecule has 1 unspecified atom stereocenters. The van der Waals surface area contributed by atoms with Crippen molar-refractivity contribution in [3.05, 3.63) is 77.4 Å². The summed E-state index contributed by atoms with van der Waals surface area (Å²) in [5.41, 5.74) is 0.224. The fraction of sp³-hybridized carbons (Fsp3) is 0.348. The molecule has 1 fully saturated rings. The van der Waals surface area contributed by atoms with Gasteiger partial charge in [0.15, 0.2) is 0 Å². The predicted octanol–water partition coefficient (Wildman–Crippen LogP) is 4.16. The number of rotatable bonds is 3. The molecule has 4 rings (SSSR count). The number of amides is 2. The minimum atomic E-state index is -1.12. The molecule has 0 spiro atoms. The molecular weight excluding hydrogens is 374 g/mol. The first-order valence-corrected chi connectivity index (χ1v) is 9.95. The lowest BCUT2D eigenvalue weighted by Crippen LogP contribution is -2.54. The Balaban J connectivity index is 1.80. The van der Waals surface area contributed by atoms with Gasteiger partial charge in [0.2, 0.25) is 0 Å². The van der Waals surface area contributed by atoms with Crippen molar-refractivity contribution in [3.63, 3.8) is 0 Å². The van der Waals surface area contributed by atoms with Gasteiger partial charge in [-0.1, -0.05) is 30.3 Å². The van der Waals surface area contributed by atoms with Crippen LogP contribution in [0.15, 0.2) is 54.6 Å². The van der Waals surface area contributed by atoms with E-state index in [1.807, 2.05) is 30.3 Å². The van der Waals surface area contributed by atoms with Crippen molar-refractivity contribution in [1.29, 1.82) is 0 Å². The number of likely N-dealkylation sites (tertiary alicyclic amines) is 1. The van der Waals surface area contributed by atoms with Crippen molar-refractivity contribution in [1.82, 2.24) is 9.80 Å². The zero-order valence-electron chi connectivity index (χ0n) is 16.2.